The minimum absolute atomic E-state index is 0.112. The van der Waals surface area contributed by atoms with Gasteiger partial charge in [0, 0.05) is 23.9 Å². The van der Waals surface area contributed by atoms with Crippen LogP contribution in [0.1, 0.15) is 27.9 Å². The molecule has 16 heavy (non-hydrogen) atoms. The number of aliphatic hydroxyl groups excluding tert-OH is 1. The number of thiophene rings is 1. The van der Waals surface area contributed by atoms with E-state index in [9.17, 15) is 9.90 Å². The van der Waals surface area contributed by atoms with E-state index in [4.69, 9.17) is 0 Å². The summed E-state index contributed by atoms with van der Waals surface area (Å²) in [7, 11) is 0. The predicted molar refractivity (Wildman–Crippen MR) is 64.7 cm³/mol. The van der Waals surface area contributed by atoms with Gasteiger partial charge in [-0.15, -0.1) is 11.3 Å². The molecule has 0 bridgehead atoms. The number of rotatable bonds is 2. The molecule has 0 aliphatic carbocycles. The number of likely N-dealkylation sites (tertiary alicyclic amines) is 1. The van der Waals surface area contributed by atoms with Gasteiger partial charge in [0.15, 0.2) is 0 Å². The zero-order chi connectivity index (χ0) is 11.7. The summed E-state index contributed by atoms with van der Waals surface area (Å²) >= 11 is 1.54. The van der Waals surface area contributed by atoms with Crippen molar-refractivity contribution in [2.45, 2.75) is 26.4 Å². The van der Waals surface area contributed by atoms with Crippen molar-refractivity contribution in [3.63, 3.8) is 0 Å². The normalized spacial score (nSPS) is 22.4. The van der Waals surface area contributed by atoms with E-state index >= 15 is 0 Å². The molecule has 2 heterocycles. The summed E-state index contributed by atoms with van der Waals surface area (Å²) in [4.78, 5) is 15.9. The molecule has 1 N–H and O–H groups in total. The van der Waals surface area contributed by atoms with Gasteiger partial charge in [0.1, 0.15) is 0 Å². The second kappa shape index (κ2) is 4.55. The third-order valence-electron chi connectivity index (χ3n) is 3.15. The number of hydrogen-bond acceptors (Lipinski definition) is 3. The average Bonchev–Trinajstić information content (AvgIpc) is 2.84. The second-order valence-corrected chi connectivity index (χ2v) is 5.74. The molecule has 1 aromatic heterocycles. The van der Waals surface area contributed by atoms with Gasteiger partial charge in [0.25, 0.3) is 5.91 Å². The van der Waals surface area contributed by atoms with Crippen LogP contribution in [0.3, 0.4) is 0 Å². The molecular weight excluding hydrogens is 222 g/mol. The standard InChI is InChI=1S/C12H17NO2S/c1-8-3-4-11(16-8)12(15)13-6-5-10(7-13)9(2)14/h3-4,9-10,14H,5-7H2,1-2H3. The van der Waals surface area contributed by atoms with Crippen LogP contribution in [0.5, 0.6) is 0 Å². The Morgan fingerprint density at radius 2 is 2.38 bits per heavy atom. The molecule has 3 nitrogen and oxygen atoms in total. The number of amides is 1. The first-order valence-electron chi connectivity index (χ1n) is 5.61. The molecular formula is C12H17NO2S. The van der Waals surface area contributed by atoms with Crippen LogP contribution in [-0.2, 0) is 0 Å². The highest BCUT2D eigenvalue weighted by atomic mass is 32.1. The second-order valence-electron chi connectivity index (χ2n) is 4.45. The first kappa shape index (κ1) is 11.6. The summed E-state index contributed by atoms with van der Waals surface area (Å²) in [6, 6.07) is 3.86. The van der Waals surface area contributed by atoms with Crippen molar-refractivity contribution in [2.75, 3.05) is 13.1 Å². The summed E-state index contributed by atoms with van der Waals surface area (Å²) in [5.74, 6) is 0.353. The van der Waals surface area contributed by atoms with Crippen molar-refractivity contribution in [3.05, 3.63) is 21.9 Å². The minimum Gasteiger partial charge on any atom is -0.393 e. The van der Waals surface area contributed by atoms with Crippen molar-refractivity contribution in [2.24, 2.45) is 5.92 Å². The van der Waals surface area contributed by atoms with E-state index in [1.165, 1.54) is 11.3 Å². The lowest BCUT2D eigenvalue weighted by Gasteiger charge is -2.16. The lowest BCUT2D eigenvalue weighted by molar-refractivity contribution is 0.0767. The number of hydrogen-bond donors (Lipinski definition) is 1. The fourth-order valence-corrected chi connectivity index (χ4v) is 2.91. The highest BCUT2D eigenvalue weighted by Gasteiger charge is 2.29. The van der Waals surface area contributed by atoms with Crippen LogP contribution < -0.4 is 0 Å². The van der Waals surface area contributed by atoms with E-state index in [-0.39, 0.29) is 17.9 Å². The van der Waals surface area contributed by atoms with Crippen molar-refractivity contribution in [1.29, 1.82) is 0 Å². The molecule has 1 saturated heterocycles. The number of aliphatic hydroxyl groups is 1. The van der Waals surface area contributed by atoms with Gasteiger partial charge in [-0.3, -0.25) is 4.79 Å². The number of carbonyl (C=O) groups excluding carboxylic acids is 1. The smallest absolute Gasteiger partial charge is 0.263 e. The van der Waals surface area contributed by atoms with Crippen LogP contribution in [0.4, 0.5) is 0 Å². The SMILES string of the molecule is Cc1ccc(C(=O)N2CCC(C(C)O)C2)s1. The van der Waals surface area contributed by atoms with E-state index in [2.05, 4.69) is 0 Å². The Kier molecular flexibility index (Phi) is 3.30. The number of carbonyl (C=O) groups is 1. The molecule has 1 amide bonds. The monoisotopic (exact) mass is 239 g/mol. The maximum absolute atomic E-state index is 12.1. The maximum Gasteiger partial charge on any atom is 0.263 e. The van der Waals surface area contributed by atoms with E-state index in [1.54, 1.807) is 6.92 Å². The third-order valence-corrected chi connectivity index (χ3v) is 4.13. The molecule has 1 fully saturated rings. The molecule has 4 heteroatoms. The van der Waals surface area contributed by atoms with Crippen LogP contribution >= 0.6 is 11.3 Å². The van der Waals surface area contributed by atoms with E-state index in [1.807, 2.05) is 24.0 Å². The molecule has 2 atom stereocenters. The van der Waals surface area contributed by atoms with E-state index < -0.39 is 0 Å². The minimum atomic E-state index is -0.317. The van der Waals surface area contributed by atoms with Gasteiger partial charge in [0.05, 0.1) is 11.0 Å². The molecule has 1 aliphatic rings. The van der Waals surface area contributed by atoms with Crippen LogP contribution in [0, 0.1) is 12.8 Å². The Bertz CT molecular complexity index is 386. The van der Waals surface area contributed by atoms with Crippen LogP contribution in [-0.4, -0.2) is 35.1 Å². The zero-order valence-corrected chi connectivity index (χ0v) is 10.5. The fraction of sp³-hybridized carbons (Fsp3) is 0.583. The summed E-state index contributed by atoms with van der Waals surface area (Å²) < 4.78 is 0. The van der Waals surface area contributed by atoms with Crippen molar-refractivity contribution < 1.29 is 9.90 Å². The first-order chi connectivity index (χ1) is 7.58. The van der Waals surface area contributed by atoms with Gasteiger partial charge < -0.3 is 10.0 Å². The van der Waals surface area contributed by atoms with Gasteiger partial charge in [-0.25, -0.2) is 0 Å². The van der Waals surface area contributed by atoms with Gasteiger partial charge in [-0.05, 0) is 32.4 Å². The first-order valence-corrected chi connectivity index (χ1v) is 6.43. The molecule has 0 saturated carbocycles. The summed E-state index contributed by atoms with van der Waals surface area (Å²) in [6.07, 6.45) is 0.594. The van der Waals surface area contributed by atoms with E-state index in [0.29, 0.717) is 6.54 Å². The average molecular weight is 239 g/mol. The summed E-state index contributed by atoms with van der Waals surface area (Å²) in [6.45, 7) is 5.26. The Morgan fingerprint density at radius 3 is 2.88 bits per heavy atom. The van der Waals surface area contributed by atoms with Crippen LogP contribution in [0.15, 0.2) is 12.1 Å². The Hall–Kier alpha value is -0.870. The van der Waals surface area contributed by atoms with Gasteiger partial charge >= 0.3 is 0 Å². The molecule has 2 unspecified atom stereocenters. The summed E-state index contributed by atoms with van der Waals surface area (Å²) in [5, 5.41) is 9.49. The Morgan fingerprint density at radius 1 is 1.62 bits per heavy atom. The van der Waals surface area contributed by atoms with Crippen LogP contribution in [0.2, 0.25) is 0 Å². The number of nitrogens with zero attached hydrogens (tertiary/aromatic N) is 1. The van der Waals surface area contributed by atoms with Crippen molar-refractivity contribution in [1.82, 2.24) is 4.90 Å². The van der Waals surface area contributed by atoms with Crippen LogP contribution in [0.25, 0.3) is 0 Å². The fourth-order valence-electron chi connectivity index (χ4n) is 2.07. The summed E-state index contributed by atoms with van der Waals surface area (Å²) in [5.41, 5.74) is 0. The van der Waals surface area contributed by atoms with Crippen molar-refractivity contribution >= 4 is 17.2 Å². The van der Waals surface area contributed by atoms with Gasteiger partial charge in [-0.1, -0.05) is 0 Å². The molecule has 1 aromatic rings. The Labute approximate surface area is 99.7 Å². The highest BCUT2D eigenvalue weighted by molar-refractivity contribution is 7.13. The Balaban J connectivity index is 2.02. The predicted octanol–water partition coefficient (Wildman–Crippen LogP) is 1.90. The maximum atomic E-state index is 12.1. The largest absolute Gasteiger partial charge is 0.393 e. The molecule has 0 spiro atoms. The molecule has 2 rings (SSSR count). The lowest BCUT2D eigenvalue weighted by atomic mass is 10.0. The molecule has 0 radical (unpaired) electrons. The zero-order valence-electron chi connectivity index (χ0n) is 9.64. The molecule has 0 aromatic carbocycles. The third kappa shape index (κ3) is 2.28. The topological polar surface area (TPSA) is 40.5 Å². The van der Waals surface area contributed by atoms with Crippen molar-refractivity contribution in [3.8, 4) is 0 Å². The van der Waals surface area contributed by atoms with E-state index in [0.717, 1.165) is 22.7 Å². The lowest BCUT2D eigenvalue weighted by Crippen LogP contribution is -2.29. The van der Waals surface area contributed by atoms with Gasteiger partial charge in [-0.2, -0.15) is 0 Å². The number of aryl methyl sites for hydroxylation is 1. The molecule has 88 valence electrons. The quantitative estimate of drug-likeness (QED) is 0.856. The van der Waals surface area contributed by atoms with Gasteiger partial charge in [0.2, 0.25) is 0 Å². The highest BCUT2D eigenvalue weighted by Crippen LogP contribution is 2.24. The molecule has 1 aliphatic heterocycles.